The Morgan fingerprint density at radius 3 is 2.65 bits per heavy atom. The van der Waals surface area contributed by atoms with Crippen molar-refractivity contribution in [3.05, 3.63) is 51.8 Å². The summed E-state index contributed by atoms with van der Waals surface area (Å²) < 4.78 is 5.77. The van der Waals surface area contributed by atoms with E-state index in [-0.39, 0.29) is 5.69 Å². The van der Waals surface area contributed by atoms with Crippen molar-refractivity contribution >= 4 is 5.69 Å². The number of benzene rings is 1. The van der Waals surface area contributed by atoms with Crippen LogP contribution in [0.2, 0.25) is 0 Å². The van der Waals surface area contributed by atoms with Crippen LogP contribution >= 0.6 is 0 Å². The van der Waals surface area contributed by atoms with Gasteiger partial charge in [0.05, 0.1) is 11.5 Å². The molecule has 1 aromatic heterocycles. The highest BCUT2D eigenvalue weighted by Crippen LogP contribution is 2.28. The molecule has 0 radical (unpaired) electrons. The molecule has 2 rings (SSSR count). The molecule has 20 heavy (non-hydrogen) atoms. The van der Waals surface area contributed by atoms with Crippen LogP contribution in [-0.2, 0) is 6.54 Å². The van der Waals surface area contributed by atoms with Gasteiger partial charge < -0.3 is 9.73 Å². The molecule has 1 N–H and O–H groups in total. The van der Waals surface area contributed by atoms with E-state index in [1.54, 1.807) is 12.1 Å². The number of furan rings is 1. The topological polar surface area (TPSA) is 68.3 Å². The van der Waals surface area contributed by atoms with Gasteiger partial charge in [0.15, 0.2) is 0 Å². The average molecular weight is 274 g/mol. The number of hydrogen-bond acceptors (Lipinski definition) is 4. The smallest absolute Gasteiger partial charge is 0.269 e. The third kappa shape index (κ3) is 3.24. The first-order valence-electron chi connectivity index (χ1n) is 6.55. The monoisotopic (exact) mass is 274 g/mol. The molecule has 106 valence electrons. The van der Waals surface area contributed by atoms with Crippen LogP contribution in [0.5, 0.6) is 0 Å². The fraction of sp³-hybridized carbons (Fsp3) is 0.333. The van der Waals surface area contributed by atoms with E-state index in [1.165, 1.54) is 6.07 Å². The van der Waals surface area contributed by atoms with Crippen molar-refractivity contribution in [3.8, 4) is 11.3 Å². The number of hydrogen-bond donors (Lipinski definition) is 1. The molecule has 0 aliphatic heterocycles. The van der Waals surface area contributed by atoms with Gasteiger partial charge in [-0.1, -0.05) is 13.8 Å². The van der Waals surface area contributed by atoms with Crippen LogP contribution in [-0.4, -0.2) is 11.0 Å². The fourth-order valence-corrected chi connectivity index (χ4v) is 1.96. The van der Waals surface area contributed by atoms with E-state index >= 15 is 0 Å². The third-order valence-corrected chi connectivity index (χ3v) is 3.03. The molecule has 0 saturated heterocycles. The molecule has 5 heteroatoms. The Labute approximate surface area is 117 Å². The summed E-state index contributed by atoms with van der Waals surface area (Å²) in [6.45, 7) is 6.66. The van der Waals surface area contributed by atoms with Crippen LogP contribution in [0.25, 0.3) is 11.3 Å². The lowest BCUT2D eigenvalue weighted by molar-refractivity contribution is -0.384. The molecule has 0 bridgehead atoms. The second kappa shape index (κ2) is 5.88. The molecule has 0 unspecified atom stereocenters. The van der Waals surface area contributed by atoms with Crippen molar-refractivity contribution in [2.75, 3.05) is 0 Å². The van der Waals surface area contributed by atoms with Crippen molar-refractivity contribution in [3.63, 3.8) is 0 Å². The minimum Gasteiger partial charge on any atom is -0.460 e. The van der Waals surface area contributed by atoms with Gasteiger partial charge in [0.2, 0.25) is 0 Å². The van der Waals surface area contributed by atoms with Crippen LogP contribution in [0.4, 0.5) is 5.69 Å². The average Bonchev–Trinajstić information content (AvgIpc) is 2.84. The van der Waals surface area contributed by atoms with Gasteiger partial charge in [-0.25, -0.2) is 0 Å². The van der Waals surface area contributed by atoms with Crippen molar-refractivity contribution in [1.29, 1.82) is 0 Å². The lowest BCUT2D eigenvalue weighted by Crippen LogP contribution is -2.21. The van der Waals surface area contributed by atoms with Crippen LogP contribution in [0.1, 0.15) is 25.2 Å². The summed E-state index contributed by atoms with van der Waals surface area (Å²) in [7, 11) is 0. The van der Waals surface area contributed by atoms with Gasteiger partial charge >= 0.3 is 0 Å². The van der Waals surface area contributed by atoms with Crippen LogP contribution in [0.3, 0.4) is 0 Å². The Morgan fingerprint density at radius 1 is 1.30 bits per heavy atom. The summed E-state index contributed by atoms with van der Waals surface area (Å²) in [5, 5.41) is 14.0. The second-order valence-electron chi connectivity index (χ2n) is 5.06. The Bertz CT molecular complexity index is 617. The molecule has 1 heterocycles. The molecule has 1 aromatic carbocycles. The summed E-state index contributed by atoms with van der Waals surface area (Å²) >= 11 is 0. The molecule has 0 amide bonds. The molecular weight excluding hydrogens is 256 g/mol. The van der Waals surface area contributed by atoms with E-state index in [2.05, 4.69) is 19.2 Å². The summed E-state index contributed by atoms with van der Waals surface area (Å²) in [5.74, 6) is 1.59. The lowest BCUT2D eigenvalue weighted by Gasteiger charge is -2.05. The largest absolute Gasteiger partial charge is 0.460 e. The molecule has 2 aromatic rings. The predicted octanol–water partition coefficient (Wildman–Crippen LogP) is 3.66. The second-order valence-corrected chi connectivity index (χ2v) is 5.06. The van der Waals surface area contributed by atoms with E-state index < -0.39 is 4.92 Å². The van der Waals surface area contributed by atoms with E-state index in [0.717, 1.165) is 22.6 Å². The molecule has 0 spiro atoms. The number of nitro groups is 1. The highest BCUT2D eigenvalue weighted by atomic mass is 16.6. The first-order valence-corrected chi connectivity index (χ1v) is 6.55. The number of rotatable bonds is 5. The maximum atomic E-state index is 10.7. The Morgan fingerprint density at radius 2 is 2.05 bits per heavy atom. The van der Waals surface area contributed by atoms with Crippen LogP contribution in [0, 0.1) is 17.0 Å². The molecule has 0 aliphatic carbocycles. The minimum absolute atomic E-state index is 0.0968. The zero-order valence-corrected chi connectivity index (χ0v) is 11.8. The number of nitrogens with one attached hydrogen (secondary N) is 1. The highest BCUT2D eigenvalue weighted by molar-refractivity contribution is 5.64. The van der Waals surface area contributed by atoms with E-state index in [1.807, 2.05) is 19.1 Å². The first kappa shape index (κ1) is 14.3. The fourth-order valence-electron chi connectivity index (χ4n) is 1.96. The molecule has 0 aliphatic rings. The Hall–Kier alpha value is -2.14. The standard InChI is InChI=1S/C15H18N2O3/c1-10(2)16-9-13-5-7-15(20-13)14-6-4-12(17(18)19)8-11(14)3/h4-8,10,16H,9H2,1-3H3. The van der Waals surface area contributed by atoms with Crippen LogP contribution < -0.4 is 5.32 Å². The third-order valence-electron chi connectivity index (χ3n) is 3.03. The first-order chi connectivity index (χ1) is 9.47. The van der Waals surface area contributed by atoms with Gasteiger partial charge in [-0.15, -0.1) is 0 Å². The van der Waals surface area contributed by atoms with Gasteiger partial charge in [0, 0.05) is 23.7 Å². The van der Waals surface area contributed by atoms with Gasteiger partial charge in [0.1, 0.15) is 11.5 Å². The van der Waals surface area contributed by atoms with E-state index in [4.69, 9.17) is 4.42 Å². The van der Waals surface area contributed by atoms with Crippen molar-refractivity contribution in [2.24, 2.45) is 0 Å². The number of non-ortho nitro benzene ring substituents is 1. The maximum absolute atomic E-state index is 10.7. The van der Waals surface area contributed by atoms with Crippen molar-refractivity contribution in [2.45, 2.75) is 33.4 Å². The summed E-state index contributed by atoms with van der Waals surface area (Å²) in [4.78, 5) is 10.3. The Kier molecular flexibility index (Phi) is 4.20. The van der Waals surface area contributed by atoms with Crippen molar-refractivity contribution < 1.29 is 9.34 Å². The molecule has 0 saturated carbocycles. The maximum Gasteiger partial charge on any atom is 0.269 e. The van der Waals surface area contributed by atoms with Gasteiger partial charge in [-0.3, -0.25) is 10.1 Å². The quantitative estimate of drug-likeness (QED) is 0.667. The number of nitro benzene ring substituents is 1. The predicted molar refractivity (Wildman–Crippen MR) is 77.5 cm³/mol. The summed E-state index contributed by atoms with van der Waals surface area (Å²) in [6, 6.07) is 8.99. The molecule has 5 nitrogen and oxygen atoms in total. The zero-order chi connectivity index (χ0) is 14.7. The van der Waals surface area contributed by atoms with E-state index in [9.17, 15) is 10.1 Å². The zero-order valence-electron chi connectivity index (χ0n) is 11.8. The van der Waals surface area contributed by atoms with E-state index in [0.29, 0.717) is 12.6 Å². The molecular formula is C15H18N2O3. The summed E-state index contributed by atoms with van der Waals surface area (Å²) in [5.41, 5.74) is 1.81. The SMILES string of the molecule is Cc1cc([N+](=O)[O-])ccc1-c1ccc(CNC(C)C)o1. The van der Waals surface area contributed by atoms with Gasteiger partial charge in [0.25, 0.3) is 5.69 Å². The highest BCUT2D eigenvalue weighted by Gasteiger charge is 2.12. The van der Waals surface area contributed by atoms with Crippen LogP contribution in [0.15, 0.2) is 34.7 Å². The molecule has 0 fully saturated rings. The Balaban J connectivity index is 2.21. The minimum atomic E-state index is -0.392. The molecule has 0 atom stereocenters. The van der Waals surface area contributed by atoms with Gasteiger partial charge in [-0.2, -0.15) is 0 Å². The summed E-state index contributed by atoms with van der Waals surface area (Å²) in [6.07, 6.45) is 0. The van der Waals surface area contributed by atoms with Gasteiger partial charge in [-0.05, 0) is 30.7 Å². The van der Waals surface area contributed by atoms with Crippen molar-refractivity contribution in [1.82, 2.24) is 5.32 Å². The number of nitrogens with zero attached hydrogens (tertiary/aromatic N) is 1. The normalized spacial score (nSPS) is 11.0. The number of aryl methyl sites for hydroxylation is 1. The lowest BCUT2D eigenvalue weighted by atomic mass is 10.1.